The number of hydrogen-bond donors (Lipinski definition) is 0. The number of allylic oxidation sites excluding steroid dienone is 3. The first-order valence-electron chi connectivity index (χ1n) is 13.5. The van der Waals surface area contributed by atoms with Crippen LogP contribution in [0.15, 0.2) is 72.8 Å². The van der Waals surface area contributed by atoms with Gasteiger partial charge in [-0.15, -0.1) is 0 Å². The molecule has 0 radical (unpaired) electrons. The summed E-state index contributed by atoms with van der Waals surface area (Å²) in [6, 6.07) is 17.9. The number of hydrogen-bond acceptors (Lipinski definition) is 2. The molecule has 36 heavy (non-hydrogen) atoms. The summed E-state index contributed by atoms with van der Waals surface area (Å²) < 4.78 is 11.2. The third-order valence-electron chi connectivity index (χ3n) is 7.02. The van der Waals surface area contributed by atoms with Gasteiger partial charge >= 0.3 is 0 Å². The van der Waals surface area contributed by atoms with Crippen molar-refractivity contribution in [1.29, 1.82) is 0 Å². The molecule has 0 aliphatic heterocycles. The second kappa shape index (κ2) is 14.0. The molecule has 192 valence electrons. The fourth-order valence-corrected chi connectivity index (χ4v) is 4.76. The lowest BCUT2D eigenvalue weighted by molar-refractivity contribution is 0.190. The Hall–Kier alpha value is -2.84. The minimum absolute atomic E-state index is 0.656. The van der Waals surface area contributed by atoms with Crippen molar-refractivity contribution in [3.8, 4) is 5.75 Å². The molecule has 2 nitrogen and oxygen atoms in total. The molecule has 0 bridgehead atoms. The number of aryl methyl sites for hydroxylation is 2. The molecule has 1 atom stereocenters. The van der Waals surface area contributed by atoms with E-state index in [4.69, 9.17) is 9.47 Å². The normalized spacial score (nSPS) is 12.4. The standard InChI is InChI=1S/C34H44O2/c1-7-36-34-24-31-16-11-15-30(22-29-18-17-27(4)28(5)21-29)33(31)23-32(34)20-26(3)14-10-13-25(2)12-8-9-19-35-6/h10-11,14-18,21,23-25H,3,7-9,12-13,19-20,22H2,1-2,4-6H3/b14-10+. The molecule has 0 aliphatic rings. The average Bonchev–Trinajstić information content (AvgIpc) is 2.85. The fourth-order valence-electron chi connectivity index (χ4n) is 4.76. The van der Waals surface area contributed by atoms with Gasteiger partial charge in [-0.2, -0.15) is 0 Å². The molecule has 3 aromatic rings. The first-order chi connectivity index (χ1) is 17.4. The molecule has 0 spiro atoms. The van der Waals surface area contributed by atoms with Gasteiger partial charge < -0.3 is 9.47 Å². The van der Waals surface area contributed by atoms with Crippen molar-refractivity contribution in [3.63, 3.8) is 0 Å². The first-order valence-corrected chi connectivity index (χ1v) is 13.5. The Morgan fingerprint density at radius 2 is 1.83 bits per heavy atom. The van der Waals surface area contributed by atoms with Crippen LogP contribution >= 0.6 is 0 Å². The van der Waals surface area contributed by atoms with E-state index in [0.29, 0.717) is 12.5 Å². The summed E-state index contributed by atoms with van der Waals surface area (Å²) in [6.45, 7) is 14.6. The predicted molar refractivity (Wildman–Crippen MR) is 155 cm³/mol. The molecule has 0 amide bonds. The zero-order valence-electron chi connectivity index (χ0n) is 23.0. The Balaban J connectivity index is 1.76. The molecular weight excluding hydrogens is 440 g/mol. The number of methoxy groups -OCH3 is 1. The van der Waals surface area contributed by atoms with E-state index in [-0.39, 0.29) is 0 Å². The van der Waals surface area contributed by atoms with Crippen LogP contribution in [0.3, 0.4) is 0 Å². The van der Waals surface area contributed by atoms with E-state index in [1.807, 2.05) is 6.92 Å². The predicted octanol–water partition coefficient (Wildman–Crippen LogP) is 8.94. The summed E-state index contributed by atoms with van der Waals surface area (Å²) in [6.07, 6.45) is 10.9. The van der Waals surface area contributed by atoms with Crippen molar-refractivity contribution < 1.29 is 9.47 Å². The first kappa shape index (κ1) is 27.7. The number of benzene rings is 3. The molecule has 3 rings (SSSR count). The highest BCUT2D eigenvalue weighted by Gasteiger charge is 2.11. The highest BCUT2D eigenvalue weighted by atomic mass is 16.5. The van der Waals surface area contributed by atoms with Crippen molar-refractivity contribution in [1.82, 2.24) is 0 Å². The summed E-state index contributed by atoms with van der Waals surface area (Å²) in [4.78, 5) is 0. The monoisotopic (exact) mass is 484 g/mol. The molecule has 2 heteroatoms. The SMILES string of the molecule is C=C(/C=C/CC(C)CCCCOC)Cc1cc2c(Cc3ccc(C)c(C)c3)cccc2cc1OCC. The van der Waals surface area contributed by atoms with E-state index >= 15 is 0 Å². The van der Waals surface area contributed by atoms with Crippen LogP contribution in [-0.2, 0) is 17.6 Å². The van der Waals surface area contributed by atoms with Gasteiger partial charge in [-0.05, 0) is 96.7 Å². The van der Waals surface area contributed by atoms with E-state index in [1.54, 1.807) is 7.11 Å². The second-order valence-corrected chi connectivity index (χ2v) is 10.2. The van der Waals surface area contributed by atoms with Crippen LogP contribution in [0.1, 0.15) is 67.3 Å². The van der Waals surface area contributed by atoms with Gasteiger partial charge in [0.05, 0.1) is 6.61 Å². The summed E-state index contributed by atoms with van der Waals surface area (Å²) in [5, 5.41) is 2.53. The van der Waals surface area contributed by atoms with E-state index in [9.17, 15) is 0 Å². The summed E-state index contributed by atoms with van der Waals surface area (Å²) in [5.74, 6) is 1.65. The molecule has 3 aromatic carbocycles. The third-order valence-corrected chi connectivity index (χ3v) is 7.02. The average molecular weight is 485 g/mol. The smallest absolute Gasteiger partial charge is 0.123 e. The van der Waals surface area contributed by atoms with E-state index in [1.165, 1.54) is 51.4 Å². The maximum atomic E-state index is 6.06. The van der Waals surface area contributed by atoms with Crippen molar-refractivity contribution in [2.24, 2.45) is 5.92 Å². The van der Waals surface area contributed by atoms with Crippen LogP contribution in [0.2, 0.25) is 0 Å². The molecule has 0 N–H and O–H groups in total. The lowest BCUT2D eigenvalue weighted by Gasteiger charge is -2.15. The van der Waals surface area contributed by atoms with E-state index < -0.39 is 0 Å². The Kier molecular flexibility index (Phi) is 10.8. The fraction of sp³-hybridized carbons (Fsp3) is 0.412. The van der Waals surface area contributed by atoms with Gasteiger partial charge in [0.25, 0.3) is 0 Å². The highest BCUT2D eigenvalue weighted by molar-refractivity contribution is 5.88. The molecule has 0 saturated carbocycles. The van der Waals surface area contributed by atoms with Crippen molar-refractivity contribution >= 4 is 10.8 Å². The zero-order valence-corrected chi connectivity index (χ0v) is 23.0. The van der Waals surface area contributed by atoms with Gasteiger partial charge in [-0.1, -0.05) is 80.5 Å². The quantitative estimate of drug-likeness (QED) is 0.168. The summed E-state index contributed by atoms with van der Waals surface area (Å²) in [7, 11) is 1.77. The van der Waals surface area contributed by atoms with Crippen molar-refractivity contribution in [2.75, 3.05) is 20.3 Å². The number of ether oxygens (including phenoxy) is 2. The third kappa shape index (κ3) is 8.10. The Bertz CT molecular complexity index is 1170. The van der Waals surface area contributed by atoms with Crippen LogP contribution < -0.4 is 4.74 Å². The van der Waals surface area contributed by atoms with Crippen LogP contribution in [0, 0.1) is 19.8 Å². The Morgan fingerprint density at radius 3 is 2.58 bits per heavy atom. The van der Waals surface area contributed by atoms with Gasteiger partial charge in [-0.25, -0.2) is 0 Å². The summed E-state index contributed by atoms with van der Waals surface area (Å²) in [5.41, 5.74) is 7.72. The Morgan fingerprint density at radius 1 is 1.00 bits per heavy atom. The van der Waals surface area contributed by atoms with Gasteiger partial charge in [0.1, 0.15) is 5.75 Å². The van der Waals surface area contributed by atoms with Gasteiger partial charge in [0, 0.05) is 20.1 Å². The van der Waals surface area contributed by atoms with E-state index in [2.05, 4.69) is 88.0 Å². The van der Waals surface area contributed by atoms with Crippen LogP contribution in [0.5, 0.6) is 5.75 Å². The highest BCUT2D eigenvalue weighted by Crippen LogP contribution is 2.31. The molecule has 0 fully saturated rings. The van der Waals surface area contributed by atoms with Crippen LogP contribution in [0.4, 0.5) is 0 Å². The number of fused-ring (bicyclic) bond motifs is 1. The van der Waals surface area contributed by atoms with Crippen LogP contribution in [-0.4, -0.2) is 20.3 Å². The largest absolute Gasteiger partial charge is 0.494 e. The lowest BCUT2D eigenvalue weighted by atomic mass is 9.93. The molecule has 0 aliphatic carbocycles. The van der Waals surface area contributed by atoms with Crippen LogP contribution in [0.25, 0.3) is 10.8 Å². The maximum absolute atomic E-state index is 6.06. The summed E-state index contributed by atoms with van der Waals surface area (Å²) >= 11 is 0. The second-order valence-electron chi connectivity index (χ2n) is 10.2. The molecule has 0 heterocycles. The van der Waals surface area contributed by atoms with Gasteiger partial charge in [0.15, 0.2) is 0 Å². The molecule has 0 saturated heterocycles. The van der Waals surface area contributed by atoms with Crippen molar-refractivity contribution in [3.05, 3.63) is 101 Å². The van der Waals surface area contributed by atoms with E-state index in [0.717, 1.165) is 43.6 Å². The zero-order chi connectivity index (χ0) is 25.9. The van der Waals surface area contributed by atoms with Gasteiger partial charge in [-0.3, -0.25) is 0 Å². The lowest BCUT2D eigenvalue weighted by Crippen LogP contribution is -2.00. The minimum atomic E-state index is 0.656. The minimum Gasteiger partial charge on any atom is -0.494 e. The number of rotatable bonds is 14. The molecular formula is C34H44O2. The molecule has 1 unspecified atom stereocenters. The number of unbranched alkanes of at least 4 members (excludes halogenated alkanes) is 1. The Labute approximate surface area is 219 Å². The van der Waals surface area contributed by atoms with Crippen molar-refractivity contribution in [2.45, 2.75) is 66.2 Å². The topological polar surface area (TPSA) is 18.5 Å². The van der Waals surface area contributed by atoms with Gasteiger partial charge in [0.2, 0.25) is 0 Å². The maximum Gasteiger partial charge on any atom is 0.123 e. The molecule has 0 aromatic heterocycles.